The number of para-hydroxylation sites is 1. The van der Waals surface area contributed by atoms with E-state index in [2.05, 4.69) is 17.3 Å². The number of nitro benzene ring substituents is 1. The fourth-order valence-corrected chi connectivity index (χ4v) is 4.64. The number of carbonyl (C=O) groups is 1. The number of thioether (sulfide) groups is 1. The molecule has 0 spiro atoms. The zero-order valence-electron chi connectivity index (χ0n) is 18.1. The fraction of sp³-hybridized carbons (Fsp3) is 0.318. The van der Waals surface area contributed by atoms with E-state index in [0.29, 0.717) is 15.7 Å². The Bertz CT molecular complexity index is 1260. The number of phenols is 1. The number of hydrogen-bond acceptors (Lipinski definition) is 9. The highest BCUT2D eigenvalue weighted by molar-refractivity contribution is 8.13. The summed E-state index contributed by atoms with van der Waals surface area (Å²) in [5, 5.41) is 32.4. The van der Waals surface area contributed by atoms with Gasteiger partial charge in [-0.2, -0.15) is 0 Å². The molecule has 0 saturated carbocycles. The third kappa shape index (κ3) is 4.23. The molecule has 0 aromatic heterocycles. The Labute approximate surface area is 193 Å². The molecular weight excluding hydrogens is 446 g/mol. The first-order valence-corrected chi connectivity index (χ1v) is 11.5. The lowest BCUT2D eigenvalue weighted by molar-refractivity contribution is -0.386. The van der Waals surface area contributed by atoms with E-state index in [-0.39, 0.29) is 28.7 Å². The number of rotatable bonds is 7. The van der Waals surface area contributed by atoms with E-state index < -0.39 is 16.8 Å². The van der Waals surface area contributed by atoms with Crippen LogP contribution in [-0.4, -0.2) is 39.0 Å². The van der Waals surface area contributed by atoms with Crippen molar-refractivity contribution in [1.82, 2.24) is 10.3 Å². The van der Waals surface area contributed by atoms with Gasteiger partial charge in [-0.05, 0) is 24.6 Å². The molecule has 2 aromatic carbocycles. The van der Waals surface area contributed by atoms with Crippen molar-refractivity contribution < 1.29 is 19.6 Å². The number of hydrazone groups is 1. The number of nitrogens with zero attached hydrogens (tertiary/aromatic N) is 4. The Morgan fingerprint density at radius 1 is 1.27 bits per heavy atom. The lowest BCUT2D eigenvalue weighted by Gasteiger charge is -2.34. The number of nitrogens with one attached hydrogen (secondary N) is 1. The summed E-state index contributed by atoms with van der Waals surface area (Å²) in [6.45, 7) is 2.11. The largest absolute Gasteiger partial charge is 0.504 e. The summed E-state index contributed by atoms with van der Waals surface area (Å²) in [6.07, 6.45) is 2.12. The summed E-state index contributed by atoms with van der Waals surface area (Å²) < 4.78 is 5.11. The molecular formula is C22H23N5O5S. The minimum Gasteiger partial charge on any atom is -0.504 e. The van der Waals surface area contributed by atoms with Gasteiger partial charge in [-0.1, -0.05) is 49.7 Å². The number of amides is 1. The highest BCUT2D eigenvalue weighted by Gasteiger charge is 2.39. The molecule has 11 heteroatoms. The second-order valence-electron chi connectivity index (χ2n) is 7.44. The summed E-state index contributed by atoms with van der Waals surface area (Å²) in [6, 6.07) is 9.79. The van der Waals surface area contributed by atoms with Crippen molar-refractivity contribution >= 4 is 34.2 Å². The zero-order valence-corrected chi connectivity index (χ0v) is 19.0. The van der Waals surface area contributed by atoms with Gasteiger partial charge in [-0.25, -0.2) is 5.01 Å². The quantitative estimate of drug-likeness (QED) is 0.362. The second kappa shape index (κ2) is 9.49. The summed E-state index contributed by atoms with van der Waals surface area (Å²) in [4.78, 5) is 29.2. The van der Waals surface area contributed by atoms with Crippen LogP contribution < -0.4 is 20.6 Å². The summed E-state index contributed by atoms with van der Waals surface area (Å²) >= 11 is 1.42. The number of hydrogen-bond donors (Lipinski definition) is 2. The highest BCUT2D eigenvalue weighted by Crippen LogP contribution is 2.44. The van der Waals surface area contributed by atoms with Crippen LogP contribution in [0.5, 0.6) is 11.5 Å². The van der Waals surface area contributed by atoms with Crippen LogP contribution >= 0.6 is 11.8 Å². The lowest BCUT2D eigenvalue weighted by atomic mass is 10.1. The summed E-state index contributed by atoms with van der Waals surface area (Å²) in [7, 11) is 1.24. The number of ether oxygens (including phenoxy) is 1. The van der Waals surface area contributed by atoms with Gasteiger partial charge >= 0.3 is 5.69 Å². The van der Waals surface area contributed by atoms with Crippen molar-refractivity contribution in [2.45, 2.75) is 32.4 Å². The first-order valence-electron chi connectivity index (χ1n) is 10.5. The molecule has 0 saturated heterocycles. The van der Waals surface area contributed by atoms with Crippen LogP contribution in [0.1, 0.15) is 37.9 Å². The smallest absolute Gasteiger partial charge is 0.322 e. The van der Waals surface area contributed by atoms with Crippen molar-refractivity contribution in [3.05, 3.63) is 62.7 Å². The molecule has 2 N–H and O–H groups in total. The Hall–Kier alpha value is -3.60. The van der Waals surface area contributed by atoms with Gasteiger partial charge in [-0.15, -0.1) is 5.10 Å². The van der Waals surface area contributed by atoms with Crippen LogP contribution in [0.2, 0.25) is 0 Å². The summed E-state index contributed by atoms with van der Waals surface area (Å²) in [5.74, 6) is -0.210. The van der Waals surface area contributed by atoms with Crippen molar-refractivity contribution in [2.24, 2.45) is 10.1 Å². The molecule has 0 bridgehead atoms. The minimum atomic E-state index is -0.998. The van der Waals surface area contributed by atoms with Crippen molar-refractivity contribution in [3.8, 4) is 11.5 Å². The molecule has 33 heavy (non-hydrogen) atoms. The predicted molar refractivity (Wildman–Crippen MR) is 124 cm³/mol. The maximum Gasteiger partial charge on any atom is 0.322 e. The number of benzene rings is 2. The topological polar surface area (TPSA) is 130 Å². The van der Waals surface area contributed by atoms with Crippen LogP contribution in [-0.2, 0) is 4.79 Å². The Kier molecular flexibility index (Phi) is 6.50. The first-order chi connectivity index (χ1) is 16.0. The molecule has 172 valence electrons. The Balaban J connectivity index is 1.88. The molecule has 1 unspecified atom stereocenters. The van der Waals surface area contributed by atoms with Crippen LogP contribution in [0.15, 0.2) is 46.5 Å². The SMILES string of the molecule is CCCCCSC1=NN2C(=c3ccccc3=NC2c2ccc(O)c(OC)c2[N+](=O)[O-])C(=O)N1. The van der Waals surface area contributed by atoms with E-state index in [0.717, 1.165) is 25.0 Å². The van der Waals surface area contributed by atoms with Gasteiger partial charge in [0.2, 0.25) is 5.75 Å². The number of aromatic hydroxyl groups is 1. The summed E-state index contributed by atoms with van der Waals surface area (Å²) in [5.41, 5.74) is -0.0244. The zero-order chi connectivity index (χ0) is 23.5. The number of amidine groups is 1. The molecule has 2 aliphatic heterocycles. The number of phenolic OH excluding ortho intramolecular Hbond substituents is 1. The van der Waals surface area contributed by atoms with Gasteiger partial charge in [0.1, 0.15) is 5.70 Å². The molecule has 1 amide bonds. The Morgan fingerprint density at radius 2 is 2.06 bits per heavy atom. The maximum absolute atomic E-state index is 13.1. The second-order valence-corrected chi connectivity index (χ2v) is 8.52. The van der Waals surface area contributed by atoms with E-state index in [1.807, 2.05) is 0 Å². The number of fused-ring (bicyclic) bond motifs is 2. The Morgan fingerprint density at radius 3 is 2.79 bits per heavy atom. The van der Waals surface area contributed by atoms with Crippen LogP contribution in [0.3, 0.4) is 0 Å². The van der Waals surface area contributed by atoms with Gasteiger partial charge in [0, 0.05) is 11.0 Å². The van der Waals surface area contributed by atoms with Crippen molar-refractivity contribution in [2.75, 3.05) is 12.9 Å². The molecule has 0 aliphatic carbocycles. The minimum absolute atomic E-state index is 0.149. The molecule has 1 atom stereocenters. The molecule has 2 aliphatic rings. The van der Waals surface area contributed by atoms with E-state index in [1.165, 1.54) is 36.0 Å². The van der Waals surface area contributed by atoms with Crippen LogP contribution in [0, 0.1) is 10.1 Å². The maximum atomic E-state index is 13.1. The number of carbonyl (C=O) groups excluding carboxylic acids is 1. The van der Waals surface area contributed by atoms with Gasteiger partial charge in [-0.3, -0.25) is 25.2 Å². The number of unbranched alkanes of at least 4 members (excludes halogenated alkanes) is 2. The molecule has 0 radical (unpaired) electrons. The molecule has 4 rings (SSSR count). The normalized spacial score (nSPS) is 16.8. The molecule has 0 fully saturated rings. The van der Waals surface area contributed by atoms with E-state index >= 15 is 0 Å². The van der Waals surface area contributed by atoms with Gasteiger partial charge in [0.15, 0.2) is 17.1 Å². The van der Waals surface area contributed by atoms with Crippen LogP contribution in [0.4, 0.5) is 5.69 Å². The highest BCUT2D eigenvalue weighted by atomic mass is 32.2. The van der Waals surface area contributed by atoms with E-state index in [9.17, 15) is 20.0 Å². The van der Waals surface area contributed by atoms with Crippen molar-refractivity contribution in [3.63, 3.8) is 0 Å². The van der Waals surface area contributed by atoms with E-state index in [1.54, 1.807) is 24.3 Å². The monoisotopic (exact) mass is 469 g/mol. The standard InChI is InChI=1S/C22H23N5O5S/c1-3-4-7-12-33-22-24-21(29)18-13-8-5-6-9-15(13)23-20(26(18)25-22)14-10-11-16(28)19(32-2)17(14)27(30)31/h5-6,8-11,20,28H,3-4,7,12H2,1-2H3,(H,24,25,29). The van der Waals surface area contributed by atoms with Gasteiger partial charge in [0.25, 0.3) is 5.91 Å². The van der Waals surface area contributed by atoms with Gasteiger partial charge < -0.3 is 9.84 Å². The lowest BCUT2D eigenvalue weighted by Crippen LogP contribution is -2.50. The van der Waals surface area contributed by atoms with Gasteiger partial charge in [0.05, 0.1) is 23.0 Å². The van der Waals surface area contributed by atoms with E-state index in [4.69, 9.17) is 9.73 Å². The number of methoxy groups -OCH3 is 1. The average molecular weight is 470 g/mol. The van der Waals surface area contributed by atoms with Crippen LogP contribution in [0.25, 0.3) is 5.70 Å². The van der Waals surface area contributed by atoms with Crippen molar-refractivity contribution in [1.29, 1.82) is 0 Å². The molecule has 2 heterocycles. The predicted octanol–water partition coefficient (Wildman–Crippen LogP) is 2.38. The third-order valence-electron chi connectivity index (χ3n) is 5.31. The fourth-order valence-electron chi connectivity index (χ4n) is 3.79. The third-order valence-corrected chi connectivity index (χ3v) is 6.26. The average Bonchev–Trinajstić information content (AvgIpc) is 2.81. The number of nitro groups is 1. The molecule has 10 nitrogen and oxygen atoms in total. The first kappa shape index (κ1) is 22.6. The molecule has 2 aromatic rings.